The number of nitrogens with zero attached hydrogens (tertiary/aromatic N) is 3. The zero-order valence-electron chi connectivity index (χ0n) is 18.7. The molecule has 0 saturated heterocycles. The Morgan fingerprint density at radius 3 is 2.62 bits per heavy atom. The summed E-state index contributed by atoms with van der Waals surface area (Å²) in [6, 6.07) is 6.89. The monoisotopic (exact) mass is 487 g/mol. The van der Waals surface area contributed by atoms with Gasteiger partial charge in [-0.1, -0.05) is 28.4 Å². The van der Waals surface area contributed by atoms with E-state index in [4.69, 9.17) is 41.9 Å². The van der Waals surface area contributed by atoms with Crippen LogP contribution in [0.5, 0.6) is 11.6 Å². The van der Waals surface area contributed by atoms with Gasteiger partial charge in [-0.3, -0.25) is 4.79 Å². The molecular weight excluding hydrogens is 468 g/mol. The van der Waals surface area contributed by atoms with Gasteiger partial charge < -0.3 is 20.2 Å². The topological polar surface area (TPSA) is 96.6 Å². The van der Waals surface area contributed by atoms with Crippen molar-refractivity contribution in [3.05, 3.63) is 40.5 Å². The van der Waals surface area contributed by atoms with Crippen molar-refractivity contribution in [2.75, 3.05) is 0 Å². The van der Waals surface area contributed by atoms with Gasteiger partial charge in [-0.25, -0.2) is 4.98 Å². The van der Waals surface area contributed by atoms with Gasteiger partial charge >= 0.3 is 29.6 Å². The minimum Gasteiger partial charge on any atom is -1.00 e. The van der Waals surface area contributed by atoms with E-state index in [9.17, 15) is 4.79 Å². The van der Waals surface area contributed by atoms with Crippen LogP contribution < -0.4 is 39.0 Å². The molecule has 8 nitrogen and oxygen atoms in total. The zero-order valence-corrected chi connectivity index (χ0v) is 21.3. The maximum atomic E-state index is 10.3. The third-order valence-electron chi connectivity index (χ3n) is 4.61. The summed E-state index contributed by atoms with van der Waals surface area (Å²) < 4.78 is 21.6. The van der Waals surface area contributed by atoms with Crippen molar-refractivity contribution >= 4 is 29.7 Å². The second-order valence-corrected chi connectivity index (χ2v) is 8.12. The largest absolute Gasteiger partial charge is 1.00 e. The summed E-state index contributed by atoms with van der Waals surface area (Å²) in [5.41, 5.74) is 1.16. The van der Waals surface area contributed by atoms with Crippen LogP contribution >= 0.6 is 23.2 Å². The third kappa shape index (κ3) is 5.74. The Morgan fingerprint density at radius 2 is 1.97 bits per heavy atom. The summed E-state index contributed by atoms with van der Waals surface area (Å²) in [5.74, 6) is 1.54. The minimum atomic E-state index is -0.0796. The summed E-state index contributed by atoms with van der Waals surface area (Å²) in [6.07, 6.45) is 2.73. The van der Waals surface area contributed by atoms with Crippen LogP contribution in [-0.4, -0.2) is 39.9 Å². The van der Waals surface area contributed by atoms with Crippen LogP contribution in [0, 0.1) is 0 Å². The number of halogens is 2. The number of carbonyl (C=O) groups excluding carboxylic acids is 1. The van der Waals surface area contributed by atoms with Crippen molar-refractivity contribution in [1.82, 2.24) is 15.1 Å². The first kappa shape index (κ1) is 24.8. The number of ether oxygens (including phenoxy) is 3. The minimum absolute atomic E-state index is 0. The Morgan fingerprint density at radius 1 is 1.19 bits per heavy atom. The molecule has 2 aromatic heterocycles. The molecular formula is C21H20Cl2N3NaO5. The zero-order chi connectivity index (χ0) is 22.0. The van der Waals surface area contributed by atoms with Crippen molar-refractivity contribution < 1.29 is 54.5 Å². The molecule has 1 fully saturated rings. The van der Waals surface area contributed by atoms with Crippen LogP contribution in [0.15, 0.2) is 35.0 Å². The molecule has 164 valence electrons. The molecule has 32 heavy (non-hydrogen) atoms. The molecule has 0 N–H and O–H groups in total. The predicted molar refractivity (Wildman–Crippen MR) is 114 cm³/mol. The van der Waals surface area contributed by atoms with Crippen LogP contribution in [0.25, 0.3) is 22.8 Å². The SMILES string of the molecule is CC(C)Oc1ncc(-c2nc(-c3ccc(OC4CC(OC=O)C4)cc3Cl)no2)cc1Cl.[H-].[Na+]. The van der Waals surface area contributed by atoms with E-state index in [0.29, 0.717) is 57.9 Å². The fraction of sp³-hybridized carbons (Fsp3) is 0.333. The van der Waals surface area contributed by atoms with Crippen molar-refractivity contribution in [2.45, 2.75) is 45.0 Å². The molecule has 3 aromatic rings. The number of hydrogen-bond acceptors (Lipinski definition) is 8. The average molecular weight is 488 g/mol. The van der Waals surface area contributed by atoms with Gasteiger partial charge in [0.1, 0.15) is 23.0 Å². The van der Waals surface area contributed by atoms with Crippen LogP contribution in [-0.2, 0) is 9.53 Å². The Bertz CT molecular complexity index is 1100. The quantitative estimate of drug-likeness (QED) is 0.352. The normalized spacial score (nSPS) is 17.3. The molecule has 0 bridgehead atoms. The van der Waals surface area contributed by atoms with E-state index in [2.05, 4.69) is 15.1 Å². The van der Waals surface area contributed by atoms with Gasteiger partial charge in [0.05, 0.1) is 16.7 Å². The molecule has 0 radical (unpaired) electrons. The summed E-state index contributed by atoms with van der Waals surface area (Å²) in [7, 11) is 0. The first-order valence-corrected chi connectivity index (χ1v) is 10.4. The second-order valence-electron chi connectivity index (χ2n) is 7.31. The number of hydrogen-bond donors (Lipinski definition) is 0. The second kappa shape index (κ2) is 10.9. The number of benzene rings is 1. The van der Waals surface area contributed by atoms with Crippen molar-refractivity contribution in [3.8, 4) is 34.5 Å². The summed E-state index contributed by atoms with van der Waals surface area (Å²) in [4.78, 5) is 18.9. The van der Waals surface area contributed by atoms with Crippen molar-refractivity contribution in [2.24, 2.45) is 0 Å². The fourth-order valence-corrected chi connectivity index (χ4v) is 3.51. The van der Waals surface area contributed by atoms with Gasteiger partial charge in [-0.2, -0.15) is 4.98 Å². The number of pyridine rings is 1. The Kier molecular flexibility index (Phi) is 8.41. The number of aromatic nitrogens is 3. The smallest absolute Gasteiger partial charge is 1.00 e. The van der Waals surface area contributed by atoms with Gasteiger partial charge in [0.25, 0.3) is 12.4 Å². The Labute approximate surface area is 218 Å². The molecule has 4 rings (SSSR count). The molecule has 11 heteroatoms. The summed E-state index contributed by atoms with van der Waals surface area (Å²) in [5, 5.41) is 4.78. The molecule has 0 amide bonds. The Hall–Kier alpha value is -1.84. The summed E-state index contributed by atoms with van der Waals surface area (Å²) >= 11 is 12.7. The van der Waals surface area contributed by atoms with Crippen molar-refractivity contribution in [3.63, 3.8) is 0 Å². The molecule has 0 atom stereocenters. The van der Waals surface area contributed by atoms with E-state index in [1.807, 2.05) is 13.8 Å². The van der Waals surface area contributed by atoms with Gasteiger partial charge in [-0.05, 0) is 38.1 Å². The van der Waals surface area contributed by atoms with E-state index >= 15 is 0 Å². The maximum Gasteiger partial charge on any atom is 1.00 e. The fourth-order valence-electron chi connectivity index (χ4n) is 3.05. The van der Waals surface area contributed by atoms with E-state index < -0.39 is 0 Å². The van der Waals surface area contributed by atoms with Gasteiger partial charge in [0, 0.05) is 24.6 Å². The summed E-state index contributed by atoms with van der Waals surface area (Å²) in [6.45, 7) is 4.24. The van der Waals surface area contributed by atoms with Gasteiger partial charge in [0.2, 0.25) is 11.7 Å². The number of carbonyl (C=O) groups is 1. The van der Waals surface area contributed by atoms with E-state index in [1.165, 1.54) is 0 Å². The standard InChI is InChI=1S/C21H19Cl2N3O5.Na.H/c1-11(2)29-21-18(23)5-12(9-24-21)20-25-19(26-31-20)16-4-3-13(8-17(16)22)30-15-6-14(7-15)28-10-27;;/h3-5,8-11,14-15H,6-7H2,1-2H3;;/q;+1;-1. The third-order valence-corrected chi connectivity index (χ3v) is 5.19. The maximum absolute atomic E-state index is 10.3. The van der Waals surface area contributed by atoms with Crippen LogP contribution in [0.3, 0.4) is 0 Å². The first-order chi connectivity index (χ1) is 14.9. The predicted octanol–water partition coefficient (Wildman–Crippen LogP) is 2.09. The van der Waals surface area contributed by atoms with Crippen LogP contribution in [0.1, 0.15) is 28.1 Å². The van der Waals surface area contributed by atoms with Gasteiger partial charge in [0.15, 0.2) is 0 Å². The molecule has 0 aliphatic heterocycles. The first-order valence-electron chi connectivity index (χ1n) is 9.65. The number of rotatable bonds is 8. The Balaban J connectivity index is 0.00000193. The molecule has 0 unspecified atom stereocenters. The molecule has 2 heterocycles. The van der Waals surface area contributed by atoms with E-state index in [1.54, 1.807) is 30.5 Å². The van der Waals surface area contributed by atoms with Crippen molar-refractivity contribution in [1.29, 1.82) is 0 Å². The van der Waals surface area contributed by atoms with Gasteiger partial charge in [-0.15, -0.1) is 0 Å². The van der Waals surface area contributed by atoms with E-state index in [-0.39, 0.29) is 55.2 Å². The average Bonchev–Trinajstić information content (AvgIpc) is 3.17. The molecule has 1 saturated carbocycles. The molecule has 1 aromatic carbocycles. The molecule has 1 aliphatic rings. The van der Waals surface area contributed by atoms with Crippen LogP contribution in [0.2, 0.25) is 10.0 Å². The molecule has 0 spiro atoms. The molecule has 1 aliphatic carbocycles. The van der Waals surface area contributed by atoms with Crippen LogP contribution in [0.4, 0.5) is 0 Å². The van der Waals surface area contributed by atoms with E-state index in [0.717, 1.165) is 0 Å².